The Morgan fingerprint density at radius 2 is 1.94 bits per heavy atom. The first-order valence-electron chi connectivity index (χ1n) is 5.74. The molecule has 1 rings (SSSR count). The Kier molecular flexibility index (Phi) is 5.80. The third kappa shape index (κ3) is 4.24. The summed E-state index contributed by atoms with van der Waals surface area (Å²) in [5.41, 5.74) is 1.13. The van der Waals surface area contributed by atoms with Crippen LogP contribution in [-0.2, 0) is 11.3 Å². The molecule has 0 aromatic heterocycles. The predicted octanol–water partition coefficient (Wildman–Crippen LogP) is 0.802. The van der Waals surface area contributed by atoms with E-state index in [1.165, 1.54) is 0 Å². The number of benzene rings is 1. The minimum absolute atomic E-state index is 0.427. The minimum Gasteiger partial charge on any atom is -0.497 e. The molecule has 0 fully saturated rings. The number of quaternary nitrogens is 1. The number of rotatable bonds is 7. The average molecular weight is 240 g/mol. The van der Waals surface area contributed by atoms with Crippen molar-refractivity contribution in [2.45, 2.75) is 19.5 Å². The Morgan fingerprint density at radius 3 is 2.53 bits per heavy atom. The highest BCUT2D eigenvalue weighted by molar-refractivity contribution is 5.39. The van der Waals surface area contributed by atoms with Crippen LogP contribution in [0.1, 0.15) is 12.5 Å². The van der Waals surface area contributed by atoms with Gasteiger partial charge in [0.25, 0.3) is 0 Å². The van der Waals surface area contributed by atoms with E-state index in [1.807, 2.05) is 18.2 Å². The van der Waals surface area contributed by atoms with Crippen molar-refractivity contribution in [2.24, 2.45) is 0 Å². The maximum absolute atomic E-state index is 5.33. The molecule has 1 atom stereocenters. The van der Waals surface area contributed by atoms with E-state index < -0.39 is 0 Å². The van der Waals surface area contributed by atoms with Crippen LogP contribution in [0, 0.1) is 0 Å². The fourth-order valence-corrected chi connectivity index (χ4v) is 1.70. The molecule has 0 unspecified atom stereocenters. The largest absolute Gasteiger partial charge is 0.497 e. The van der Waals surface area contributed by atoms with E-state index in [0.29, 0.717) is 6.04 Å². The average Bonchev–Trinajstić information content (AvgIpc) is 2.36. The molecule has 0 heterocycles. The van der Waals surface area contributed by atoms with Gasteiger partial charge in [0.05, 0.1) is 26.4 Å². The van der Waals surface area contributed by atoms with Crippen molar-refractivity contribution in [1.29, 1.82) is 0 Å². The summed E-state index contributed by atoms with van der Waals surface area (Å²) < 4.78 is 15.7. The summed E-state index contributed by atoms with van der Waals surface area (Å²) in [4.78, 5) is 0. The van der Waals surface area contributed by atoms with Gasteiger partial charge in [-0.1, -0.05) is 0 Å². The first kappa shape index (κ1) is 13.8. The monoisotopic (exact) mass is 240 g/mol. The molecule has 0 bridgehead atoms. The zero-order valence-corrected chi connectivity index (χ0v) is 11.0. The summed E-state index contributed by atoms with van der Waals surface area (Å²) in [5.74, 6) is 1.75. The van der Waals surface area contributed by atoms with Gasteiger partial charge < -0.3 is 19.5 Å². The Balaban J connectivity index is 2.67. The molecule has 4 heteroatoms. The number of hydrogen-bond acceptors (Lipinski definition) is 3. The third-order valence-electron chi connectivity index (χ3n) is 2.66. The lowest BCUT2D eigenvalue weighted by Gasteiger charge is -2.12. The third-order valence-corrected chi connectivity index (χ3v) is 2.66. The summed E-state index contributed by atoms with van der Waals surface area (Å²) in [5, 5.41) is 2.22. The molecule has 4 nitrogen and oxygen atoms in total. The maximum atomic E-state index is 5.33. The molecule has 0 radical (unpaired) electrons. The summed E-state index contributed by atoms with van der Waals surface area (Å²) in [6.07, 6.45) is 0. The molecule has 0 amide bonds. The molecule has 96 valence electrons. The molecular weight excluding hydrogens is 218 g/mol. The molecule has 1 aromatic carbocycles. The highest BCUT2D eigenvalue weighted by atomic mass is 16.5. The summed E-state index contributed by atoms with van der Waals surface area (Å²) in [7, 11) is 5.07. The van der Waals surface area contributed by atoms with Crippen LogP contribution in [0.5, 0.6) is 11.5 Å². The van der Waals surface area contributed by atoms with E-state index in [2.05, 4.69) is 12.2 Å². The molecular formula is C13H22NO3+. The van der Waals surface area contributed by atoms with Crippen LogP contribution in [-0.4, -0.2) is 34.0 Å². The van der Waals surface area contributed by atoms with Crippen molar-refractivity contribution in [3.8, 4) is 11.5 Å². The van der Waals surface area contributed by atoms with Gasteiger partial charge >= 0.3 is 0 Å². The Morgan fingerprint density at radius 1 is 1.18 bits per heavy atom. The first-order valence-corrected chi connectivity index (χ1v) is 5.74. The predicted molar refractivity (Wildman–Crippen MR) is 66.5 cm³/mol. The van der Waals surface area contributed by atoms with Crippen LogP contribution >= 0.6 is 0 Å². The van der Waals surface area contributed by atoms with Gasteiger partial charge in [-0.2, -0.15) is 0 Å². The molecule has 0 saturated carbocycles. The van der Waals surface area contributed by atoms with Gasteiger partial charge in [0.1, 0.15) is 24.1 Å². The van der Waals surface area contributed by atoms with Crippen LogP contribution in [0.15, 0.2) is 18.2 Å². The van der Waals surface area contributed by atoms with E-state index in [9.17, 15) is 0 Å². The fraction of sp³-hybridized carbons (Fsp3) is 0.538. The Bertz CT molecular complexity index is 341. The summed E-state index contributed by atoms with van der Waals surface area (Å²) >= 11 is 0. The van der Waals surface area contributed by atoms with E-state index in [0.717, 1.165) is 30.2 Å². The zero-order chi connectivity index (χ0) is 12.7. The van der Waals surface area contributed by atoms with Crippen molar-refractivity contribution in [3.63, 3.8) is 0 Å². The summed E-state index contributed by atoms with van der Waals surface area (Å²) in [6, 6.07) is 6.27. The smallest absolute Gasteiger partial charge is 0.127 e. The van der Waals surface area contributed by atoms with Crippen molar-refractivity contribution in [3.05, 3.63) is 23.8 Å². The fourth-order valence-electron chi connectivity index (χ4n) is 1.70. The highest BCUT2D eigenvalue weighted by Gasteiger charge is 2.09. The van der Waals surface area contributed by atoms with E-state index in [4.69, 9.17) is 14.2 Å². The lowest BCUT2D eigenvalue weighted by Crippen LogP contribution is -2.88. The van der Waals surface area contributed by atoms with Gasteiger partial charge in [0.15, 0.2) is 0 Å². The molecule has 17 heavy (non-hydrogen) atoms. The van der Waals surface area contributed by atoms with E-state index in [-0.39, 0.29) is 0 Å². The lowest BCUT2D eigenvalue weighted by molar-refractivity contribution is -0.702. The van der Waals surface area contributed by atoms with Crippen LogP contribution in [0.25, 0.3) is 0 Å². The topological polar surface area (TPSA) is 44.3 Å². The van der Waals surface area contributed by atoms with Gasteiger partial charge in [0, 0.05) is 7.11 Å². The van der Waals surface area contributed by atoms with Gasteiger partial charge in [0.2, 0.25) is 0 Å². The van der Waals surface area contributed by atoms with E-state index >= 15 is 0 Å². The second-order valence-corrected chi connectivity index (χ2v) is 4.05. The van der Waals surface area contributed by atoms with Crippen molar-refractivity contribution in [1.82, 2.24) is 0 Å². The first-order chi connectivity index (χ1) is 8.21. The molecule has 0 aliphatic rings. The standard InChI is InChI=1S/C13H21NO3/c1-10(9-15-2)14-8-11-7-12(16-3)5-6-13(11)17-4/h5-7,10,14H,8-9H2,1-4H3/p+1/t10-/m1/s1. The SMILES string of the molecule is COC[C@@H](C)[NH2+]Cc1cc(OC)ccc1OC. The van der Waals surface area contributed by atoms with Crippen LogP contribution in [0.2, 0.25) is 0 Å². The second-order valence-electron chi connectivity index (χ2n) is 4.05. The number of methoxy groups -OCH3 is 3. The molecule has 0 saturated heterocycles. The highest BCUT2D eigenvalue weighted by Crippen LogP contribution is 2.22. The maximum Gasteiger partial charge on any atom is 0.127 e. The van der Waals surface area contributed by atoms with Gasteiger partial charge in [-0.15, -0.1) is 0 Å². The Labute approximate surface area is 103 Å². The minimum atomic E-state index is 0.427. The quantitative estimate of drug-likeness (QED) is 0.767. The normalized spacial score (nSPS) is 12.2. The van der Waals surface area contributed by atoms with Gasteiger partial charge in [-0.05, 0) is 25.1 Å². The van der Waals surface area contributed by atoms with Crippen LogP contribution in [0.4, 0.5) is 0 Å². The van der Waals surface area contributed by atoms with Crippen molar-refractivity contribution in [2.75, 3.05) is 27.9 Å². The Hall–Kier alpha value is -1.26. The van der Waals surface area contributed by atoms with E-state index in [1.54, 1.807) is 21.3 Å². The molecule has 1 aromatic rings. The molecule has 2 N–H and O–H groups in total. The van der Waals surface area contributed by atoms with Crippen LogP contribution in [0.3, 0.4) is 0 Å². The molecule has 0 aliphatic carbocycles. The number of ether oxygens (including phenoxy) is 3. The number of nitrogens with two attached hydrogens (primary N) is 1. The number of hydrogen-bond donors (Lipinski definition) is 1. The molecule has 0 spiro atoms. The molecule has 0 aliphatic heterocycles. The van der Waals surface area contributed by atoms with Crippen LogP contribution < -0.4 is 14.8 Å². The lowest BCUT2D eigenvalue weighted by atomic mass is 10.1. The van der Waals surface area contributed by atoms with Crippen molar-refractivity contribution < 1.29 is 19.5 Å². The van der Waals surface area contributed by atoms with Crippen molar-refractivity contribution >= 4 is 0 Å². The van der Waals surface area contributed by atoms with Gasteiger partial charge in [-0.3, -0.25) is 0 Å². The summed E-state index contributed by atoms with van der Waals surface area (Å²) in [6.45, 7) is 3.73. The zero-order valence-electron chi connectivity index (χ0n) is 11.0. The second kappa shape index (κ2) is 7.14. The van der Waals surface area contributed by atoms with Gasteiger partial charge in [-0.25, -0.2) is 0 Å².